The number of fused-ring (bicyclic) bond motifs is 1. The van der Waals surface area contributed by atoms with Crippen LogP contribution in [0.2, 0.25) is 0 Å². The van der Waals surface area contributed by atoms with Gasteiger partial charge in [-0.1, -0.05) is 18.1 Å². The van der Waals surface area contributed by atoms with Gasteiger partial charge in [0.05, 0.1) is 0 Å². The summed E-state index contributed by atoms with van der Waals surface area (Å²) >= 11 is 0. The number of nitrogens with zero attached hydrogens (tertiary/aromatic N) is 1. The van der Waals surface area contributed by atoms with E-state index >= 15 is 0 Å². The number of nitrogens with one attached hydrogen (secondary N) is 1. The van der Waals surface area contributed by atoms with Crippen LogP contribution in [0.1, 0.15) is 46.3 Å². The Morgan fingerprint density at radius 2 is 2.14 bits per heavy atom. The molecule has 1 N–H and O–H groups in total. The van der Waals surface area contributed by atoms with Crippen LogP contribution in [-0.4, -0.2) is 11.1 Å². The molecule has 21 heavy (non-hydrogen) atoms. The number of anilines is 1. The molecule has 3 rings (SSSR count). The van der Waals surface area contributed by atoms with Crippen molar-refractivity contribution in [1.29, 1.82) is 0 Å². The predicted octanol–water partition coefficient (Wildman–Crippen LogP) is 3.67. The van der Waals surface area contributed by atoms with E-state index in [0.717, 1.165) is 41.8 Å². The van der Waals surface area contributed by atoms with Crippen molar-refractivity contribution in [3.05, 3.63) is 46.3 Å². The van der Waals surface area contributed by atoms with Crippen LogP contribution in [0.25, 0.3) is 0 Å². The molecule has 1 aromatic carbocycles. The molecule has 1 aromatic heterocycles. The van der Waals surface area contributed by atoms with E-state index in [0.29, 0.717) is 11.6 Å². The predicted molar refractivity (Wildman–Crippen MR) is 81.6 cm³/mol. The summed E-state index contributed by atoms with van der Waals surface area (Å²) in [6.45, 7) is 6.28. The molecule has 1 aliphatic rings. The molecule has 1 amide bonds. The van der Waals surface area contributed by atoms with Gasteiger partial charge in [-0.2, -0.15) is 0 Å². The summed E-state index contributed by atoms with van der Waals surface area (Å²) in [4.78, 5) is 12.4. The first-order valence-electron chi connectivity index (χ1n) is 7.40. The highest BCUT2D eigenvalue weighted by molar-refractivity contribution is 6.04. The summed E-state index contributed by atoms with van der Waals surface area (Å²) < 4.78 is 5.33. The number of hydrogen-bond acceptors (Lipinski definition) is 3. The fourth-order valence-electron chi connectivity index (χ4n) is 2.77. The molecule has 2 aromatic rings. The normalized spacial score (nSPS) is 17.4. The Balaban J connectivity index is 1.83. The summed E-state index contributed by atoms with van der Waals surface area (Å²) in [5.74, 6) is 1.26. The van der Waals surface area contributed by atoms with Crippen molar-refractivity contribution < 1.29 is 9.32 Å². The molecule has 1 unspecified atom stereocenters. The number of benzene rings is 1. The number of hydrogen-bond donors (Lipinski definition) is 1. The highest BCUT2D eigenvalue weighted by Gasteiger charge is 2.26. The SMILES string of the molecule is Cc1ccc(NC(=O)c2noc3c2CC(C)CC3)cc1C. The number of aryl methyl sites for hydroxylation is 3. The molecule has 0 bridgehead atoms. The molecule has 0 spiro atoms. The highest BCUT2D eigenvalue weighted by atomic mass is 16.5. The third-order valence-corrected chi connectivity index (χ3v) is 4.27. The van der Waals surface area contributed by atoms with Crippen LogP contribution >= 0.6 is 0 Å². The highest BCUT2D eigenvalue weighted by Crippen LogP contribution is 2.28. The summed E-state index contributed by atoms with van der Waals surface area (Å²) in [7, 11) is 0. The van der Waals surface area contributed by atoms with Gasteiger partial charge < -0.3 is 9.84 Å². The van der Waals surface area contributed by atoms with Gasteiger partial charge in [0.15, 0.2) is 5.69 Å². The lowest BCUT2D eigenvalue weighted by molar-refractivity contribution is 0.101. The molecule has 1 heterocycles. The fraction of sp³-hybridized carbons (Fsp3) is 0.412. The number of aromatic nitrogens is 1. The van der Waals surface area contributed by atoms with Gasteiger partial charge in [-0.3, -0.25) is 4.79 Å². The quantitative estimate of drug-likeness (QED) is 0.915. The van der Waals surface area contributed by atoms with Gasteiger partial charge in [0.25, 0.3) is 5.91 Å². The number of carbonyl (C=O) groups excluding carboxylic acids is 1. The van der Waals surface area contributed by atoms with E-state index in [9.17, 15) is 4.79 Å². The van der Waals surface area contributed by atoms with Crippen molar-refractivity contribution in [1.82, 2.24) is 5.16 Å². The van der Waals surface area contributed by atoms with Crippen LogP contribution in [0, 0.1) is 19.8 Å². The van der Waals surface area contributed by atoms with Crippen LogP contribution in [0.3, 0.4) is 0 Å². The monoisotopic (exact) mass is 284 g/mol. The van der Waals surface area contributed by atoms with Crippen molar-refractivity contribution >= 4 is 11.6 Å². The first-order chi connectivity index (χ1) is 10.0. The molecule has 1 atom stereocenters. The average Bonchev–Trinajstić information content (AvgIpc) is 2.86. The van der Waals surface area contributed by atoms with Gasteiger partial charge >= 0.3 is 0 Å². The minimum Gasteiger partial charge on any atom is -0.360 e. The second-order valence-electron chi connectivity index (χ2n) is 6.03. The number of rotatable bonds is 2. The summed E-state index contributed by atoms with van der Waals surface area (Å²) in [5, 5.41) is 6.90. The smallest absolute Gasteiger partial charge is 0.278 e. The fourth-order valence-corrected chi connectivity index (χ4v) is 2.77. The third kappa shape index (κ3) is 2.71. The van der Waals surface area contributed by atoms with E-state index in [4.69, 9.17) is 4.52 Å². The minimum atomic E-state index is -0.183. The van der Waals surface area contributed by atoms with Crippen LogP contribution in [0.4, 0.5) is 5.69 Å². The largest absolute Gasteiger partial charge is 0.360 e. The zero-order chi connectivity index (χ0) is 15.0. The summed E-state index contributed by atoms with van der Waals surface area (Å²) in [6, 6.07) is 5.89. The van der Waals surface area contributed by atoms with E-state index in [1.54, 1.807) is 0 Å². The number of carbonyl (C=O) groups is 1. The maximum atomic E-state index is 12.4. The second kappa shape index (κ2) is 5.35. The zero-order valence-corrected chi connectivity index (χ0v) is 12.7. The van der Waals surface area contributed by atoms with Crippen molar-refractivity contribution in [2.45, 2.75) is 40.0 Å². The molecule has 4 nitrogen and oxygen atoms in total. The Labute approximate surface area is 124 Å². The van der Waals surface area contributed by atoms with Crippen LogP contribution < -0.4 is 5.32 Å². The summed E-state index contributed by atoms with van der Waals surface area (Å²) in [5.41, 5.74) is 4.58. The van der Waals surface area contributed by atoms with Gasteiger partial charge in [0.2, 0.25) is 0 Å². The lowest BCUT2D eigenvalue weighted by Gasteiger charge is -2.16. The van der Waals surface area contributed by atoms with Gasteiger partial charge in [0, 0.05) is 17.7 Å². The Morgan fingerprint density at radius 1 is 1.33 bits per heavy atom. The minimum absolute atomic E-state index is 0.183. The van der Waals surface area contributed by atoms with Gasteiger partial charge in [-0.15, -0.1) is 0 Å². The average molecular weight is 284 g/mol. The molecule has 0 aliphatic heterocycles. The molecule has 110 valence electrons. The molecule has 0 radical (unpaired) electrons. The van der Waals surface area contributed by atoms with Crippen LogP contribution in [-0.2, 0) is 12.8 Å². The van der Waals surface area contributed by atoms with Crippen LogP contribution in [0.15, 0.2) is 22.7 Å². The molecule has 0 saturated carbocycles. The Morgan fingerprint density at radius 3 is 2.90 bits per heavy atom. The maximum Gasteiger partial charge on any atom is 0.278 e. The second-order valence-corrected chi connectivity index (χ2v) is 6.03. The first-order valence-corrected chi connectivity index (χ1v) is 7.40. The van der Waals surface area contributed by atoms with Gasteiger partial charge in [-0.25, -0.2) is 0 Å². The molecular weight excluding hydrogens is 264 g/mol. The lowest BCUT2D eigenvalue weighted by atomic mass is 9.88. The standard InChI is InChI=1S/C17H20N2O2/c1-10-4-7-15-14(8-10)16(19-21-15)17(20)18-13-6-5-11(2)12(3)9-13/h5-6,9-10H,4,7-8H2,1-3H3,(H,18,20). The third-order valence-electron chi connectivity index (χ3n) is 4.27. The van der Waals surface area contributed by atoms with Gasteiger partial charge in [0.1, 0.15) is 5.76 Å². The molecule has 4 heteroatoms. The molecule has 0 saturated heterocycles. The maximum absolute atomic E-state index is 12.4. The van der Waals surface area contributed by atoms with Crippen molar-refractivity contribution in [2.24, 2.45) is 5.92 Å². The number of amides is 1. The first kappa shape index (κ1) is 13.9. The van der Waals surface area contributed by atoms with E-state index in [1.165, 1.54) is 5.56 Å². The topological polar surface area (TPSA) is 55.1 Å². The van der Waals surface area contributed by atoms with Crippen molar-refractivity contribution in [2.75, 3.05) is 5.32 Å². The molecular formula is C17H20N2O2. The Kier molecular flexibility index (Phi) is 3.53. The molecule has 1 aliphatic carbocycles. The van der Waals surface area contributed by atoms with E-state index in [-0.39, 0.29) is 5.91 Å². The van der Waals surface area contributed by atoms with Gasteiger partial charge in [-0.05, 0) is 55.9 Å². The zero-order valence-electron chi connectivity index (χ0n) is 12.7. The lowest BCUT2D eigenvalue weighted by Crippen LogP contribution is -2.18. The Hall–Kier alpha value is -2.10. The molecule has 0 fully saturated rings. The van der Waals surface area contributed by atoms with Crippen molar-refractivity contribution in [3.63, 3.8) is 0 Å². The van der Waals surface area contributed by atoms with E-state index < -0.39 is 0 Å². The summed E-state index contributed by atoms with van der Waals surface area (Å²) in [6.07, 6.45) is 2.84. The van der Waals surface area contributed by atoms with E-state index in [2.05, 4.69) is 24.3 Å². The Bertz CT molecular complexity index is 688. The van der Waals surface area contributed by atoms with Crippen molar-refractivity contribution in [3.8, 4) is 0 Å². The van der Waals surface area contributed by atoms with E-state index in [1.807, 2.05) is 25.1 Å². The van der Waals surface area contributed by atoms with Crippen LogP contribution in [0.5, 0.6) is 0 Å².